The summed E-state index contributed by atoms with van der Waals surface area (Å²) in [6, 6.07) is 9.03. The van der Waals surface area contributed by atoms with Crippen LogP contribution in [0, 0.1) is 0 Å². The number of nitrogens with one attached hydrogen (secondary N) is 1. The van der Waals surface area contributed by atoms with E-state index in [1.54, 1.807) is 0 Å². The normalized spacial score (nSPS) is 16.9. The van der Waals surface area contributed by atoms with Crippen molar-refractivity contribution < 1.29 is 0 Å². The van der Waals surface area contributed by atoms with Gasteiger partial charge in [-0.15, -0.1) is 0 Å². The summed E-state index contributed by atoms with van der Waals surface area (Å²) in [5.74, 6) is 0. The lowest BCUT2D eigenvalue weighted by molar-refractivity contribution is 0.221. The number of nitrogens with zero attached hydrogens (tertiary/aromatic N) is 2. The van der Waals surface area contributed by atoms with Crippen molar-refractivity contribution in [3.63, 3.8) is 0 Å². The Morgan fingerprint density at radius 2 is 1.90 bits per heavy atom. The van der Waals surface area contributed by atoms with Gasteiger partial charge >= 0.3 is 0 Å². The molecule has 3 rings (SSSR count). The Bertz CT molecular complexity index is 552. The Hall–Kier alpha value is -1.32. The highest BCUT2D eigenvalue weighted by molar-refractivity contribution is 5.80. The minimum Gasteiger partial charge on any atom is -0.346 e. The van der Waals surface area contributed by atoms with Gasteiger partial charge in [-0.1, -0.05) is 12.5 Å². The standard InChI is InChI=1S/C17H25N3/c1-18-14-15-5-6-17-16(13-15)7-10-20(17)12-11-19-8-3-2-4-9-19/h5-7,10,13,18H,2-4,8-9,11-12,14H2,1H3. The van der Waals surface area contributed by atoms with Gasteiger partial charge in [-0.05, 0) is 62.1 Å². The fourth-order valence-electron chi connectivity index (χ4n) is 3.19. The maximum Gasteiger partial charge on any atom is 0.0480 e. The van der Waals surface area contributed by atoms with Crippen molar-refractivity contribution in [2.24, 2.45) is 0 Å². The van der Waals surface area contributed by atoms with Gasteiger partial charge in [0.05, 0.1) is 0 Å². The molecule has 108 valence electrons. The predicted molar refractivity (Wildman–Crippen MR) is 85.0 cm³/mol. The monoisotopic (exact) mass is 271 g/mol. The first kappa shape index (κ1) is 13.7. The van der Waals surface area contributed by atoms with Crippen molar-refractivity contribution >= 4 is 10.9 Å². The molecule has 0 bridgehead atoms. The molecule has 1 fully saturated rings. The lowest BCUT2D eigenvalue weighted by Crippen LogP contribution is -2.32. The molecule has 0 radical (unpaired) electrons. The molecule has 0 amide bonds. The average Bonchev–Trinajstić information content (AvgIpc) is 2.89. The summed E-state index contributed by atoms with van der Waals surface area (Å²) in [7, 11) is 1.99. The Kier molecular flexibility index (Phi) is 4.38. The van der Waals surface area contributed by atoms with Crippen LogP contribution in [0.1, 0.15) is 24.8 Å². The van der Waals surface area contributed by atoms with E-state index in [9.17, 15) is 0 Å². The second-order valence-corrected chi connectivity index (χ2v) is 5.83. The van der Waals surface area contributed by atoms with Gasteiger partial charge in [-0.25, -0.2) is 0 Å². The molecular weight excluding hydrogens is 246 g/mol. The van der Waals surface area contributed by atoms with E-state index in [0.29, 0.717) is 0 Å². The number of aromatic nitrogens is 1. The highest BCUT2D eigenvalue weighted by atomic mass is 15.1. The SMILES string of the molecule is CNCc1ccc2c(ccn2CCN2CCCCC2)c1. The van der Waals surface area contributed by atoms with E-state index in [-0.39, 0.29) is 0 Å². The van der Waals surface area contributed by atoms with Crippen molar-refractivity contribution in [2.45, 2.75) is 32.4 Å². The van der Waals surface area contributed by atoms with Crippen LogP contribution in [0.15, 0.2) is 30.5 Å². The maximum atomic E-state index is 3.21. The molecule has 1 aromatic heterocycles. The Morgan fingerprint density at radius 3 is 2.70 bits per heavy atom. The van der Waals surface area contributed by atoms with E-state index in [1.807, 2.05) is 7.05 Å². The molecule has 1 aromatic carbocycles. The van der Waals surface area contributed by atoms with Gasteiger partial charge in [0, 0.05) is 31.3 Å². The van der Waals surface area contributed by atoms with Crippen LogP contribution in [0.5, 0.6) is 0 Å². The van der Waals surface area contributed by atoms with Crippen molar-refractivity contribution in [1.29, 1.82) is 0 Å². The van der Waals surface area contributed by atoms with E-state index in [2.05, 4.69) is 45.2 Å². The third-order valence-electron chi connectivity index (χ3n) is 4.32. The topological polar surface area (TPSA) is 20.2 Å². The summed E-state index contributed by atoms with van der Waals surface area (Å²) in [5, 5.41) is 4.57. The van der Waals surface area contributed by atoms with Crippen LogP contribution in [0.4, 0.5) is 0 Å². The van der Waals surface area contributed by atoms with Crippen LogP contribution in [0.25, 0.3) is 10.9 Å². The number of rotatable bonds is 5. The van der Waals surface area contributed by atoms with Gasteiger partial charge < -0.3 is 14.8 Å². The second-order valence-electron chi connectivity index (χ2n) is 5.83. The number of likely N-dealkylation sites (tertiary alicyclic amines) is 1. The highest BCUT2D eigenvalue weighted by Gasteiger charge is 2.10. The number of piperidine rings is 1. The third-order valence-corrected chi connectivity index (χ3v) is 4.32. The molecule has 20 heavy (non-hydrogen) atoms. The maximum absolute atomic E-state index is 3.21. The van der Waals surface area contributed by atoms with Crippen LogP contribution in [-0.2, 0) is 13.1 Å². The summed E-state index contributed by atoms with van der Waals surface area (Å²) in [5.41, 5.74) is 2.72. The minimum atomic E-state index is 0.939. The minimum absolute atomic E-state index is 0.939. The summed E-state index contributed by atoms with van der Waals surface area (Å²) in [4.78, 5) is 2.60. The van der Waals surface area contributed by atoms with Crippen molar-refractivity contribution in [1.82, 2.24) is 14.8 Å². The largest absolute Gasteiger partial charge is 0.346 e. The molecule has 3 nitrogen and oxygen atoms in total. The Balaban J connectivity index is 1.68. The molecule has 0 spiro atoms. The smallest absolute Gasteiger partial charge is 0.0480 e. The molecule has 2 heterocycles. The molecule has 1 saturated heterocycles. The van der Waals surface area contributed by atoms with Gasteiger partial charge in [-0.2, -0.15) is 0 Å². The molecule has 1 aliphatic heterocycles. The second kappa shape index (κ2) is 6.42. The summed E-state index contributed by atoms with van der Waals surface area (Å²) < 4.78 is 2.40. The van der Waals surface area contributed by atoms with Crippen LogP contribution in [0.2, 0.25) is 0 Å². The van der Waals surface area contributed by atoms with Crippen LogP contribution < -0.4 is 5.32 Å². The van der Waals surface area contributed by atoms with Crippen LogP contribution in [0.3, 0.4) is 0 Å². The first-order valence-corrected chi connectivity index (χ1v) is 7.81. The first-order chi connectivity index (χ1) is 9.86. The van der Waals surface area contributed by atoms with E-state index in [0.717, 1.165) is 13.1 Å². The fourth-order valence-corrected chi connectivity index (χ4v) is 3.19. The van der Waals surface area contributed by atoms with Gasteiger partial charge in [0.1, 0.15) is 0 Å². The van der Waals surface area contributed by atoms with E-state index in [1.165, 1.54) is 55.4 Å². The molecule has 1 N–H and O–H groups in total. The Labute approximate surface area is 121 Å². The predicted octanol–water partition coefficient (Wildman–Crippen LogP) is 2.85. The third kappa shape index (κ3) is 3.05. The molecule has 0 aliphatic carbocycles. The van der Waals surface area contributed by atoms with Gasteiger partial charge in [0.2, 0.25) is 0 Å². The van der Waals surface area contributed by atoms with Crippen molar-refractivity contribution in [3.8, 4) is 0 Å². The van der Waals surface area contributed by atoms with E-state index < -0.39 is 0 Å². The molecule has 0 saturated carbocycles. The highest BCUT2D eigenvalue weighted by Crippen LogP contribution is 2.18. The molecule has 1 aliphatic rings. The quantitative estimate of drug-likeness (QED) is 0.902. The fraction of sp³-hybridized carbons (Fsp3) is 0.529. The summed E-state index contributed by atoms with van der Waals surface area (Å²) >= 11 is 0. The van der Waals surface area contributed by atoms with Crippen molar-refractivity contribution in [2.75, 3.05) is 26.7 Å². The van der Waals surface area contributed by atoms with Crippen molar-refractivity contribution in [3.05, 3.63) is 36.0 Å². The summed E-state index contributed by atoms with van der Waals surface area (Å²) in [6.45, 7) is 5.79. The average molecular weight is 271 g/mol. The van der Waals surface area contributed by atoms with Gasteiger partial charge in [-0.3, -0.25) is 0 Å². The molecular formula is C17H25N3. The zero-order valence-corrected chi connectivity index (χ0v) is 12.4. The first-order valence-electron chi connectivity index (χ1n) is 7.81. The van der Waals surface area contributed by atoms with Crippen LogP contribution >= 0.6 is 0 Å². The van der Waals surface area contributed by atoms with E-state index in [4.69, 9.17) is 0 Å². The molecule has 3 heteroatoms. The van der Waals surface area contributed by atoms with Gasteiger partial charge in [0.15, 0.2) is 0 Å². The lowest BCUT2D eigenvalue weighted by atomic mass is 10.1. The molecule has 2 aromatic rings. The lowest BCUT2D eigenvalue weighted by Gasteiger charge is -2.26. The Morgan fingerprint density at radius 1 is 1.05 bits per heavy atom. The van der Waals surface area contributed by atoms with Crippen LogP contribution in [-0.4, -0.2) is 36.1 Å². The van der Waals surface area contributed by atoms with Gasteiger partial charge in [0.25, 0.3) is 0 Å². The summed E-state index contributed by atoms with van der Waals surface area (Å²) in [6.07, 6.45) is 6.40. The number of hydrogen-bond donors (Lipinski definition) is 1. The number of benzene rings is 1. The molecule has 0 atom stereocenters. The zero-order valence-electron chi connectivity index (χ0n) is 12.4. The van der Waals surface area contributed by atoms with E-state index >= 15 is 0 Å². The number of fused-ring (bicyclic) bond motifs is 1. The number of hydrogen-bond acceptors (Lipinski definition) is 2. The molecule has 0 unspecified atom stereocenters. The zero-order chi connectivity index (χ0) is 13.8.